The maximum absolute atomic E-state index is 12.9. The van der Waals surface area contributed by atoms with Crippen LogP contribution in [-0.2, 0) is 0 Å². The van der Waals surface area contributed by atoms with Gasteiger partial charge in [-0.25, -0.2) is 4.98 Å². The van der Waals surface area contributed by atoms with Crippen LogP contribution in [0.2, 0.25) is 0 Å². The molecular weight excluding hydrogens is 221 g/mol. The largest absolute Gasteiger partial charge is 0.348 e. The number of likely N-dealkylation sites (N-methyl/N-ethyl adjacent to an activating group) is 1. The number of likely N-dealkylation sites (tertiary alicyclic amines) is 1. The number of carbonyl (C=O) groups is 1. The van der Waals surface area contributed by atoms with E-state index in [9.17, 15) is 9.18 Å². The Morgan fingerprint density at radius 1 is 1.65 bits per heavy atom. The monoisotopic (exact) mass is 237 g/mol. The van der Waals surface area contributed by atoms with Crippen LogP contribution < -0.4 is 5.32 Å². The van der Waals surface area contributed by atoms with Gasteiger partial charge in [-0.15, -0.1) is 0 Å². The molecule has 2 rings (SSSR count). The lowest BCUT2D eigenvalue weighted by Gasteiger charge is -2.30. The maximum atomic E-state index is 12.9. The van der Waals surface area contributed by atoms with E-state index in [0.717, 1.165) is 32.0 Å². The molecule has 1 aromatic rings. The van der Waals surface area contributed by atoms with Crippen molar-refractivity contribution in [2.45, 2.75) is 18.9 Å². The van der Waals surface area contributed by atoms with Crippen LogP contribution in [-0.4, -0.2) is 42.0 Å². The van der Waals surface area contributed by atoms with E-state index in [0.29, 0.717) is 5.56 Å². The summed E-state index contributed by atoms with van der Waals surface area (Å²) < 4.78 is 12.9. The molecule has 0 aromatic carbocycles. The van der Waals surface area contributed by atoms with Gasteiger partial charge in [0.05, 0.1) is 0 Å². The highest BCUT2D eigenvalue weighted by Gasteiger charge is 2.19. The lowest BCUT2D eigenvalue weighted by atomic mass is 10.1. The Balaban J connectivity index is 1.97. The van der Waals surface area contributed by atoms with Crippen LogP contribution >= 0.6 is 0 Å². The third-order valence-electron chi connectivity index (χ3n) is 2.95. The number of aromatic nitrogens is 1. The Bertz CT molecular complexity index is 410. The first kappa shape index (κ1) is 12.0. The van der Waals surface area contributed by atoms with E-state index in [4.69, 9.17) is 0 Å². The standard InChI is InChI=1S/C12H16FN3O/c1-16-6-2-3-10(8-16)15-12(17)9-4-5-14-11(13)7-9/h4-5,7,10H,2-3,6,8H2,1H3,(H,15,17). The molecule has 1 saturated heterocycles. The van der Waals surface area contributed by atoms with Crippen LogP contribution in [0.1, 0.15) is 23.2 Å². The second-order valence-electron chi connectivity index (χ2n) is 4.44. The lowest BCUT2D eigenvalue weighted by Crippen LogP contribution is -2.46. The van der Waals surface area contributed by atoms with E-state index >= 15 is 0 Å². The van der Waals surface area contributed by atoms with Crippen LogP contribution in [0.4, 0.5) is 4.39 Å². The summed E-state index contributed by atoms with van der Waals surface area (Å²) in [7, 11) is 2.03. The van der Waals surface area contributed by atoms with Gasteiger partial charge in [0.2, 0.25) is 5.95 Å². The van der Waals surface area contributed by atoms with E-state index in [1.54, 1.807) is 0 Å². The fourth-order valence-corrected chi connectivity index (χ4v) is 2.10. The third-order valence-corrected chi connectivity index (χ3v) is 2.95. The van der Waals surface area contributed by atoms with E-state index < -0.39 is 5.95 Å². The minimum atomic E-state index is -0.626. The van der Waals surface area contributed by atoms with Crippen molar-refractivity contribution < 1.29 is 9.18 Å². The molecule has 0 saturated carbocycles. The van der Waals surface area contributed by atoms with Crippen LogP contribution in [0.25, 0.3) is 0 Å². The number of nitrogens with one attached hydrogen (secondary N) is 1. The number of rotatable bonds is 2. The molecule has 4 nitrogen and oxygen atoms in total. The van der Waals surface area contributed by atoms with Gasteiger partial charge < -0.3 is 10.2 Å². The van der Waals surface area contributed by atoms with Crippen molar-refractivity contribution in [3.8, 4) is 0 Å². The molecule has 1 N–H and O–H groups in total. The summed E-state index contributed by atoms with van der Waals surface area (Å²) in [6.45, 7) is 1.91. The number of pyridine rings is 1. The van der Waals surface area contributed by atoms with E-state index in [-0.39, 0.29) is 11.9 Å². The number of piperidine rings is 1. The zero-order valence-electron chi connectivity index (χ0n) is 9.82. The fourth-order valence-electron chi connectivity index (χ4n) is 2.10. The van der Waals surface area contributed by atoms with Crippen molar-refractivity contribution in [3.05, 3.63) is 29.8 Å². The first-order valence-electron chi connectivity index (χ1n) is 5.76. The molecule has 5 heteroatoms. The van der Waals surface area contributed by atoms with Crippen molar-refractivity contribution >= 4 is 5.91 Å². The highest BCUT2D eigenvalue weighted by Crippen LogP contribution is 2.09. The van der Waals surface area contributed by atoms with Crippen molar-refractivity contribution in [2.75, 3.05) is 20.1 Å². The van der Waals surface area contributed by atoms with Crippen LogP contribution in [0.15, 0.2) is 18.3 Å². The van der Waals surface area contributed by atoms with Gasteiger partial charge in [-0.05, 0) is 32.5 Å². The van der Waals surface area contributed by atoms with Gasteiger partial charge in [-0.3, -0.25) is 4.79 Å². The van der Waals surface area contributed by atoms with Crippen molar-refractivity contribution in [1.29, 1.82) is 0 Å². The third kappa shape index (κ3) is 3.23. The first-order valence-corrected chi connectivity index (χ1v) is 5.76. The molecule has 1 unspecified atom stereocenters. The molecule has 0 aliphatic carbocycles. The quantitative estimate of drug-likeness (QED) is 0.782. The first-order chi connectivity index (χ1) is 8.15. The number of amides is 1. The Hall–Kier alpha value is -1.49. The highest BCUT2D eigenvalue weighted by atomic mass is 19.1. The van der Waals surface area contributed by atoms with Gasteiger partial charge in [0.15, 0.2) is 0 Å². The second kappa shape index (κ2) is 5.23. The predicted molar refractivity (Wildman–Crippen MR) is 62.2 cm³/mol. The number of halogens is 1. The Morgan fingerprint density at radius 3 is 3.18 bits per heavy atom. The minimum absolute atomic E-state index is 0.150. The van der Waals surface area contributed by atoms with E-state index in [1.165, 1.54) is 12.3 Å². The number of nitrogens with zero attached hydrogens (tertiary/aromatic N) is 2. The molecular formula is C12H16FN3O. The zero-order chi connectivity index (χ0) is 12.3. The fraction of sp³-hybridized carbons (Fsp3) is 0.500. The van der Waals surface area contributed by atoms with Crippen molar-refractivity contribution in [1.82, 2.24) is 15.2 Å². The Labute approximate surface area is 99.8 Å². The molecule has 92 valence electrons. The molecule has 1 aromatic heterocycles. The average Bonchev–Trinajstić information content (AvgIpc) is 2.29. The molecule has 17 heavy (non-hydrogen) atoms. The van der Waals surface area contributed by atoms with Crippen molar-refractivity contribution in [3.63, 3.8) is 0 Å². The SMILES string of the molecule is CN1CCCC(NC(=O)c2ccnc(F)c2)C1. The highest BCUT2D eigenvalue weighted by molar-refractivity contribution is 5.94. The predicted octanol–water partition coefficient (Wildman–Crippen LogP) is 1.04. The molecule has 0 bridgehead atoms. The van der Waals surface area contributed by atoms with Crippen LogP contribution in [0, 0.1) is 5.95 Å². The average molecular weight is 237 g/mol. The van der Waals surface area contributed by atoms with Gasteiger partial charge in [0, 0.05) is 30.4 Å². The second-order valence-corrected chi connectivity index (χ2v) is 4.44. The van der Waals surface area contributed by atoms with Gasteiger partial charge >= 0.3 is 0 Å². The van der Waals surface area contributed by atoms with E-state index in [1.807, 2.05) is 7.05 Å². The molecule has 0 radical (unpaired) electrons. The zero-order valence-corrected chi connectivity index (χ0v) is 9.82. The lowest BCUT2D eigenvalue weighted by molar-refractivity contribution is 0.0912. The molecule has 2 heterocycles. The topological polar surface area (TPSA) is 45.2 Å². The summed E-state index contributed by atoms with van der Waals surface area (Å²) in [5.41, 5.74) is 0.325. The smallest absolute Gasteiger partial charge is 0.251 e. The van der Waals surface area contributed by atoms with Crippen LogP contribution in [0.3, 0.4) is 0 Å². The van der Waals surface area contributed by atoms with Crippen LogP contribution in [0.5, 0.6) is 0 Å². The van der Waals surface area contributed by atoms with Gasteiger partial charge in [0.25, 0.3) is 5.91 Å². The molecule has 1 amide bonds. The molecule has 1 aliphatic rings. The van der Waals surface area contributed by atoms with E-state index in [2.05, 4.69) is 15.2 Å². The van der Waals surface area contributed by atoms with Gasteiger partial charge in [-0.1, -0.05) is 0 Å². The van der Waals surface area contributed by atoms with Gasteiger partial charge in [-0.2, -0.15) is 4.39 Å². The van der Waals surface area contributed by atoms with Crippen molar-refractivity contribution in [2.24, 2.45) is 0 Å². The summed E-state index contributed by atoms with van der Waals surface area (Å²) in [5, 5.41) is 2.92. The molecule has 0 spiro atoms. The molecule has 1 atom stereocenters. The summed E-state index contributed by atoms with van der Waals surface area (Å²) in [6, 6.07) is 2.82. The maximum Gasteiger partial charge on any atom is 0.251 e. The summed E-state index contributed by atoms with van der Waals surface area (Å²) >= 11 is 0. The number of hydrogen-bond donors (Lipinski definition) is 1. The number of carbonyl (C=O) groups excluding carboxylic acids is 1. The molecule has 1 aliphatic heterocycles. The molecule has 1 fully saturated rings. The summed E-state index contributed by atoms with van der Waals surface area (Å²) in [6.07, 6.45) is 3.35. The summed E-state index contributed by atoms with van der Waals surface area (Å²) in [5.74, 6) is -0.856. The Kier molecular flexibility index (Phi) is 3.68. The van der Waals surface area contributed by atoms with Gasteiger partial charge in [0.1, 0.15) is 0 Å². The normalized spacial score (nSPS) is 21.2. The summed E-state index contributed by atoms with van der Waals surface area (Å²) in [4.78, 5) is 17.5. The minimum Gasteiger partial charge on any atom is -0.348 e. The number of hydrogen-bond acceptors (Lipinski definition) is 3. The Morgan fingerprint density at radius 2 is 2.47 bits per heavy atom.